The van der Waals surface area contributed by atoms with Gasteiger partial charge in [-0.25, -0.2) is 0 Å². The highest BCUT2D eigenvalue weighted by Gasteiger charge is 2.24. The summed E-state index contributed by atoms with van der Waals surface area (Å²) < 4.78 is 11.5. The zero-order valence-corrected chi connectivity index (χ0v) is 16.0. The second kappa shape index (κ2) is 9.02. The molecular formula is C21H34N2O2. The van der Waals surface area contributed by atoms with Gasteiger partial charge in [-0.05, 0) is 58.0 Å². The number of hydrogen-bond acceptors (Lipinski definition) is 4. The van der Waals surface area contributed by atoms with Crippen LogP contribution in [0.4, 0.5) is 0 Å². The van der Waals surface area contributed by atoms with Crippen LogP contribution in [-0.2, 0) is 4.74 Å². The molecule has 1 N–H and O–H groups in total. The molecule has 4 nitrogen and oxygen atoms in total. The summed E-state index contributed by atoms with van der Waals surface area (Å²) in [6.45, 7) is 3.91. The molecule has 3 rings (SSSR count). The van der Waals surface area contributed by atoms with Gasteiger partial charge < -0.3 is 19.7 Å². The number of hydrogen-bond donors (Lipinski definition) is 1. The third kappa shape index (κ3) is 5.44. The Morgan fingerprint density at radius 3 is 2.48 bits per heavy atom. The summed E-state index contributed by atoms with van der Waals surface area (Å²) in [7, 11) is 4.40. The number of nitrogens with zero attached hydrogens (tertiary/aromatic N) is 1. The van der Waals surface area contributed by atoms with Gasteiger partial charge in [0.15, 0.2) is 0 Å². The van der Waals surface area contributed by atoms with Crippen molar-refractivity contribution in [2.75, 3.05) is 27.3 Å². The molecule has 4 heteroatoms. The lowest BCUT2D eigenvalue weighted by Gasteiger charge is -2.35. The van der Waals surface area contributed by atoms with Crippen molar-refractivity contribution in [1.82, 2.24) is 10.2 Å². The lowest BCUT2D eigenvalue weighted by molar-refractivity contribution is 0.0255. The first kappa shape index (κ1) is 18.7. The smallest absolute Gasteiger partial charge is 0.119 e. The van der Waals surface area contributed by atoms with Crippen molar-refractivity contribution in [3.05, 3.63) is 29.8 Å². The monoisotopic (exact) mass is 346 g/mol. The molecule has 1 aromatic rings. The van der Waals surface area contributed by atoms with Crippen LogP contribution in [0.5, 0.6) is 5.75 Å². The maximum atomic E-state index is 6.07. The largest absolute Gasteiger partial charge is 0.490 e. The first-order chi connectivity index (χ1) is 12.1. The summed E-state index contributed by atoms with van der Waals surface area (Å²) in [6, 6.07) is 10.4. The van der Waals surface area contributed by atoms with Crippen molar-refractivity contribution in [3.8, 4) is 5.75 Å². The van der Waals surface area contributed by atoms with E-state index in [0.29, 0.717) is 24.2 Å². The molecule has 0 bridgehead atoms. The van der Waals surface area contributed by atoms with Gasteiger partial charge >= 0.3 is 0 Å². The molecule has 140 valence electrons. The summed E-state index contributed by atoms with van der Waals surface area (Å²) in [5, 5.41) is 3.84. The Balaban J connectivity index is 1.50. The fraction of sp³-hybridized carbons (Fsp3) is 0.714. The fourth-order valence-electron chi connectivity index (χ4n) is 4.06. The molecule has 2 fully saturated rings. The van der Waals surface area contributed by atoms with Gasteiger partial charge in [-0.1, -0.05) is 18.6 Å². The van der Waals surface area contributed by atoms with Crippen molar-refractivity contribution in [3.63, 3.8) is 0 Å². The second-order valence-corrected chi connectivity index (χ2v) is 7.87. The Bertz CT molecular complexity index is 511. The third-order valence-corrected chi connectivity index (χ3v) is 5.71. The maximum Gasteiger partial charge on any atom is 0.119 e. The molecule has 1 saturated heterocycles. The Labute approximate surface area is 152 Å². The summed E-state index contributed by atoms with van der Waals surface area (Å²) in [5.41, 5.74) is 1.34. The van der Waals surface area contributed by atoms with Crippen molar-refractivity contribution < 1.29 is 9.47 Å². The van der Waals surface area contributed by atoms with E-state index in [1.54, 1.807) is 0 Å². The molecule has 1 aliphatic heterocycles. The normalized spacial score (nSPS) is 26.6. The molecule has 0 radical (unpaired) electrons. The molecule has 0 amide bonds. The predicted molar refractivity (Wildman–Crippen MR) is 102 cm³/mol. The van der Waals surface area contributed by atoms with Crippen molar-refractivity contribution in [1.29, 1.82) is 0 Å². The van der Waals surface area contributed by atoms with E-state index in [4.69, 9.17) is 9.47 Å². The molecular weight excluding hydrogens is 312 g/mol. The van der Waals surface area contributed by atoms with Gasteiger partial charge in [0.2, 0.25) is 0 Å². The van der Waals surface area contributed by atoms with Gasteiger partial charge in [0, 0.05) is 31.0 Å². The van der Waals surface area contributed by atoms with Crippen LogP contribution < -0.4 is 10.1 Å². The highest BCUT2D eigenvalue weighted by atomic mass is 16.5. The van der Waals surface area contributed by atoms with E-state index in [-0.39, 0.29) is 0 Å². The van der Waals surface area contributed by atoms with Gasteiger partial charge in [-0.2, -0.15) is 0 Å². The molecule has 2 aliphatic rings. The van der Waals surface area contributed by atoms with Crippen LogP contribution in [-0.4, -0.2) is 50.4 Å². The average molecular weight is 347 g/mol. The van der Waals surface area contributed by atoms with Crippen molar-refractivity contribution in [2.24, 2.45) is 0 Å². The Morgan fingerprint density at radius 1 is 1.08 bits per heavy atom. The summed E-state index contributed by atoms with van der Waals surface area (Å²) in [6.07, 6.45) is 7.49. The lowest BCUT2D eigenvalue weighted by Crippen LogP contribution is -2.42. The molecule has 25 heavy (non-hydrogen) atoms. The molecule has 3 atom stereocenters. The molecule has 0 aromatic heterocycles. The van der Waals surface area contributed by atoms with Crippen LogP contribution in [0.25, 0.3) is 0 Å². The quantitative estimate of drug-likeness (QED) is 0.850. The van der Waals surface area contributed by atoms with Crippen LogP contribution in [0.1, 0.15) is 57.1 Å². The molecule has 0 unspecified atom stereocenters. The van der Waals surface area contributed by atoms with Crippen LogP contribution in [0, 0.1) is 0 Å². The molecule has 1 saturated carbocycles. The van der Waals surface area contributed by atoms with Crippen molar-refractivity contribution in [2.45, 2.75) is 69.7 Å². The second-order valence-electron chi connectivity index (χ2n) is 7.87. The standard InChI is InChI=1S/C21H34N2O2/c1-16(22-18-5-4-6-19(15-18)23(2)3)17-7-9-20(10-8-17)25-21-11-13-24-14-12-21/h7-10,16,18-19,21-22H,4-6,11-15H2,1-3H3/t16-,18-,19+/m0/s1. The van der Waals surface area contributed by atoms with Crippen molar-refractivity contribution >= 4 is 0 Å². The molecule has 1 aliphatic carbocycles. The zero-order chi connectivity index (χ0) is 17.6. The minimum absolute atomic E-state index is 0.306. The average Bonchev–Trinajstić information content (AvgIpc) is 2.63. The number of benzene rings is 1. The maximum absolute atomic E-state index is 6.07. The zero-order valence-electron chi connectivity index (χ0n) is 16.0. The van der Waals surface area contributed by atoms with E-state index in [1.165, 1.54) is 31.2 Å². The van der Waals surface area contributed by atoms with E-state index >= 15 is 0 Å². The van der Waals surface area contributed by atoms with Gasteiger partial charge in [-0.3, -0.25) is 0 Å². The van der Waals surface area contributed by atoms with Gasteiger partial charge in [-0.15, -0.1) is 0 Å². The SMILES string of the molecule is C[C@H](N[C@H]1CCC[C@@H](N(C)C)C1)c1ccc(OC2CCOCC2)cc1. The Morgan fingerprint density at radius 2 is 1.80 bits per heavy atom. The highest BCUT2D eigenvalue weighted by molar-refractivity contribution is 5.29. The van der Waals surface area contributed by atoms with E-state index < -0.39 is 0 Å². The summed E-state index contributed by atoms with van der Waals surface area (Å²) in [5.74, 6) is 0.980. The van der Waals surface area contributed by atoms with Crippen LogP contribution in [0.3, 0.4) is 0 Å². The minimum Gasteiger partial charge on any atom is -0.490 e. The van der Waals surface area contributed by atoms with Crippen LogP contribution in [0.15, 0.2) is 24.3 Å². The summed E-state index contributed by atoms with van der Waals surface area (Å²) in [4.78, 5) is 2.38. The Hall–Kier alpha value is -1.10. The first-order valence-corrected chi connectivity index (χ1v) is 9.88. The third-order valence-electron chi connectivity index (χ3n) is 5.71. The van der Waals surface area contributed by atoms with Crippen LogP contribution in [0.2, 0.25) is 0 Å². The topological polar surface area (TPSA) is 33.7 Å². The molecule has 0 spiro atoms. The van der Waals surface area contributed by atoms with Gasteiger partial charge in [0.1, 0.15) is 11.9 Å². The van der Waals surface area contributed by atoms with Gasteiger partial charge in [0.05, 0.1) is 13.2 Å². The first-order valence-electron chi connectivity index (χ1n) is 9.88. The highest BCUT2D eigenvalue weighted by Crippen LogP contribution is 2.25. The minimum atomic E-state index is 0.306. The predicted octanol–water partition coefficient (Wildman–Crippen LogP) is 3.77. The molecule has 1 heterocycles. The molecule has 1 aromatic carbocycles. The number of ether oxygens (including phenoxy) is 2. The van der Waals surface area contributed by atoms with E-state index in [1.807, 2.05) is 0 Å². The van der Waals surface area contributed by atoms with E-state index in [9.17, 15) is 0 Å². The summed E-state index contributed by atoms with van der Waals surface area (Å²) >= 11 is 0. The lowest BCUT2D eigenvalue weighted by atomic mass is 9.89. The fourth-order valence-corrected chi connectivity index (χ4v) is 4.06. The number of nitrogens with one attached hydrogen (secondary N) is 1. The Kier molecular flexibility index (Phi) is 6.74. The van der Waals surface area contributed by atoms with Gasteiger partial charge in [0.25, 0.3) is 0 Å². The van der Waals surface area contributed by atoms with E-state index in [0.717, 1.165) is 31.8 Å². The number of rotatable bonds is 6. The van der Waals surface area contributed by atoms with Crippen LogP contribution >= 0.6 is 0 Å². The van der Waals surface area contributed by atoms with E-state index in [2.05, 4.69) is 55.5 Å².